The molecule has 0 saturated carbocycles. The predicted octanol–water partition coefficient (Wildman–Crippen LogP) is 3.18. The summed E-state index contributed by atoms with van der Waals surface area (Å²) in [6.45, 7) is 9.33. The fourth-order valence-corrected chi connectivity index (χ4v) is 2.01. The summed E-state index contributed by atoms with van der Waals surface area (Å²) < 4.78 is 0. The number of thiol groups is 1. The number of rotatable bonds is 3. The van der Waals surface area contributed by atoms with Gasteiger partial charge in [0.05, 0.1) is 5.75 Å². The zero-order chi connectivity index (χ0) is 13.9. The van der Waals surface area contributed by atoms with E-state index in [0.717, 1.165) is 0 Å². The molecule has 0 N–H and O–H groups in total. The summed E-state index contributed by atoms with van der Waals surface area (Å²) in [7, 11) is 1.82. The van der Waals surface area contributed by atoms with Gasteiger partial charge in [0.25, 0.3) is 0 Å². The molecular formula is C15H23NOS. The van der Waals surface area contributed by atoms with Crippen molar-refractivity contribution in [1.29, 1.82) is 0 Å². The Morgan fingerprint density at radius 1 is 1.33 bits per heavy atom. The lowest BCUT2D eigenvalue weighted by Crippen LogP contribution is -2.27. The standard InChI is InChI=1S/C15H23NOS/c1-11-6-7-13(15(2,3)4)8-12(11)9-16(5)14(17)10-18/h6-8,18H,9-10H2,1-5H3. The minimum atomic E-state index is 0.0545. The van der Waals surface area contributed by atoms with E-state index in [2.05, 4.69) is 58.5 Å². The van der Waals surface area contributed by atoms with E-state index in [0.29, 0.717) is 6.54 Å². The van der Waals surface area contributed by atoms with Gasteiger partial charge < -0.3 is 4.90 Å². The van der Waals surface area contributed by atoms with Crippen molar-refractivity contribution in [3.05, 3.63) is 34.9 Å². The first-order valence-electron chi connectivity index (χ1n) is 6.20. The first-order valence-corrected chi connectivity index (χ1v) is 6.83. The van der Waals surface area contributed by atoms with Gasteiger partial charge >= 0.3 is 0 Å². The maximum atomic E-state index is 11.6. The molecule has 0 aliphatic carbocycles. The highest BCUT2D eigenvalue weighted by Crippen LogP contribution is 2.25. The summed E-state index contributed by atoms with van der Waals surface area (Å²) in [6.07, 6.45) is 0. The molecular weight excluding hydrogens is 242 g/mol. The van der Waals surface area contributed by atoms with Crippen molar-refractivity contribution >= 4 is 18.5 Å². The molecule has 0 aliphatic rings. The van der Waals surface area contributed by atoms with Crippen molar-refractivity contribution in [1.82, 2.24) is 4.90 Å². The maximum absolute atomic E-state index is 11.6. The van der Waals surface area contributed by atoms with E-state index in [-0.39, 0.29) is 17.1 Å². The Morgan fingerprint density at radius 2 is 1.94 bits per heavy atom. The number of amides is 1. The molecule has 0 heterocycles. The van der Waals surface area contributed by atoms with Crippen LogP contribution in [0.5, 0.6) is 0 Å². The molecule has 0 aliphatic heterocycles. The normalized spacial score (nSPS) is 11.4. The summed E-state index contributed by atoms with van der Waals surface area (Å²) in [5, 5.41) is 0. The molecule has 0 atom stereocenters. The largest absolute Gasteiger partial charge is 0.341 e. The highest BCUT2D eigenvalue weighted by Gasteiger charge is 2.16. The van der Waals surface area contributed by atoms with E-state index in [1.807, 2.05) is 7.05 Å². The second-order valence-corrected chi connectivity index (χ2v) is 6.12. The van der Waals surface area contributed by atoms with Crippen LogP contribution < -0.4 is 0 Å². The summed E-state index contributed by atoms with van der Waals surface area (Å²) in [5.74, 6) is 0.313. The number of nitrogens with zero attached hydrogens (tertiary/aromatic N) is 1. The number of carbonyl (C=O) groups excluding carboxylic acids is 1. The van der Waals surface area contributed by atoms with E-state index in [1.54, 1.807) is 4.90 Å². The van der Waals surface area contributed by atoms with Gasteiger partial charge in [0.2, 0.25) is 5.91 Å². The predicted molar refractivity (Wildman–Crippen MR) is 80.2 cm³/mol. The van der Waals surface area contributed by atoms with E-state index in [1.165, 1.54) is 16.7 Å². The molecule has 3 heteroatoms. The Morgan fingerprint density at radius 3 is 2.44 bits per heavy atom. The van der Waals surface area contributed by atoms with E-state index >= 15 is 0 Å². The molecule has 0 fully saturated rings. The van der Waals surface area contributed by atoms with Crippen LogP contribution in [-0.2, 0) is 16.8 Å². The molecule has 0 bridgehead atoms. The molecule has 0 unspecified atom stereocenters. The van der Waals surface area contributed by atoms with Crippen LogP contribution >= 0.6 is 12.6 Å². The average Bonchev–Trinajstić information content (AvgIpc) is 2.29. The van der Waals surface area contributed by atoms with Crippen molar-refractivity contribution in [2.24, 2.45) is 0 Å². The second kappa shape index (κ2) is 5.79. The minimum absolute atomic E-state index is 0.0545. The smallest absolute Gasteiger partial charge is 0.232 e. The van der Waals surface area contributed by atoms with E-state index < -0.39 is 0 Å². The third-order valence-corrected chi connectivity index (χ3v) is 3.45. The van der Waals surface area contributed by atoms with Crippen LogP contribution in [0.25, 0.3) is 0 Å². The molecule has 2 nitrogen and oxygen atoms in total. The first kappa shape index (κ1) is 15.1. The van der Waals surface area contributed by atoms with Crippen molar-refractivity contribution < 1.29 is 4.79 Å². The van der Waals surface area contributed by atoms with Gasteiger partial charge in [-0.2, -0.15) is 12.6 Å². The van der Waals surface area contributed by atoms with Crippen LogP contribution in [0.15, 0.2) is 18.2 Å². The number of hydrogen-bond donors (Lipinski definition) is 1. The molecule has 0 spiro atoms. The van der Waals surface area contributed by atoms with E-state index in [9.17, 15) is 4.79 Å². The molecule has 0 aromatic heterocycles. The fraction of sp³-hybridized carbons (Fsp3) is 0.533. The summed E-state index contributed by atoms with van der Waals surface area (Å²) in [4.78, 5) is 13.3. The van der Waals surface area contributed by atoms with Gasteiger partial charge in [0, 0.05) is 13.6 Å². The highest BCUT2D eigenvalue weighted by atomic mass is 32.1. The summed E-state index contributed by atoms with van der Waals surface area (Å²) in [5.41, 5.74) is 3.87. The van der Waals surface area contributed by atoms with Crippen molar-refractivity contribution in [2.75, 3.05) is 12.8 Å². The quantitative estimate of drug-likeness (QED) is 0.832. The maximum Gasteiger partial charge on any atom is 0.232 e. The Labute approximate surface area is 116 Å². The molecule has 1 rings (SSSR count). The van der Waals surface area contributed by atoms with Gasteiger partial charge in [-0.1, -0.05) is 39.0 Å². The SMILES string of the molecule is Cc1ccc(C(C)(C)C)cc1CN(C)C(=O)CS. The lowest BCUT2D eigenvalue weighted by Gasteiger charge is -2.23. The van der Waals surface area contributed by atoms with Crippen LogP contribution in [0.3, 0.4) is 0 Å². The Kier molecular flexibility index (Phi) is 4.85. The third-order valence-electron chi connectivity index (χ3n) is 3.18. The monoisotopic (exact) mass is 265 g/mol. The molecule has 1 aromatic carbocycles. The van der Waals surface area contributed by atoms with Gasteiger partial charge in [-0.05, 0) is 29.0 Å². The molecule has 1 aromatic rings. The molecule has 100 valence electrons. The van der Waals surface area contributed by atoms with Crippen LogP contribution in [-0.4, -0.2) is 23.6 Å². The lowest BCUT2D eigenvalue weighted by molar-refractivity contribution is -0.127. The fourth-order valence-electron chi connectivity index (χ4n) is 1.77. The first-order chi connectivity index (χ1) is 8.25. The van der Waals surface area contributed by atoms with Crippen molar-refractivity contribution in [3.63, 3.8) is 0 Å². The van der Waals surface area contributed by atoms with Gasteiger partial charge in [0.1, 0.15) is 0 Å². The second-order valence-electron chi connectivity index (χ2n) is 5.80. The van der Waals surface area contributed by atoms with Crippen molar-refractivity contribution in [2.45, 2.75) is 39.7 Å². The Hall–Kier alpha value is -0.960. The lowest BCUT2D eigenvalue weighted by atomic mass is 9.85. The Balaban J connectivity index is 2.98. The average molecular weight is 265 g/mol. The number of carbonyl (C=O) groups is 1. The van der Waals surface area contributed by atoms with Crippen LogP contribution in [0.1, 0.15) is 37.5 Å². The summed E-state index contributed by atoms with van der Waals surface area (Å²) in [6, 6.07) is 6.51. The molecule has 0 saturated heterocycles. The third kappa shape index (κ3) is 3.77. The van der Waals surface area contributed by atoms with Crippen molar-refractivity contribution in [3.8, 4) is 0 Å². The molecule has 0 radical (unpaired) electrons. The van der Waals surface area contributed by atoms with Gasteiger partial charge in [-0.3, -0.25) is 4.79 Å². The van der Waals surface area contributed by atoms with Gasteiger partial charge in [-0.15, -0.1) is 0 Å². The van der Waals surface area contributed by atoms with Crippen LogP contribution in [0.4, 0.5) is 0 Å². The number of hydrogen-bond acceptors (Lipinski definition) is 2. The Bertz CT molecular complexity index is 435. The number of benzene rings is 1. The van der Waals surface area contributed by atoms with Crippen LogP contribution in [0, 0.1) is 6.92 Å². The summed E-state index contributed by atoms with van der Waals surface area (Å²) >= 11 is 4.02. The highest BCUT2D eigenvalue weighted by molar-refractivity contribution is 7.81. The van der Waals surface area contributed by atoms with Gasteiger partial charge in [-0.25, -0.2) is 0 Å². The topological polar surface area (TPSA) is 20.3 Å². The van der Waals surface area contributed by atoms with Crippen LogP contribution in [0.2, 0.25) is 0 Å². The zero-order valence-corrected chi connectivity index (χ0v) is 12.8. The number of aryl methyl sites for hydroxylation is 1. The molecule has 1 amide bonds. The zero-order valence-electron chi connectivity index (χ0n) is 11.9. The molecule has 18 heavy (non-hydrogen) atoms. The minimum Gasteiger partial charge on any atom is -0.341 e. The van der Waals surface area contributed by atoms with Gasteiger partial charge in [0.15, 0.2) is 0 Å². The van der Waals surface area contributed by atoms with E-state index in [4.69, 9.17) is 0 Å².